The van der Waals surface area contributed by atoms with Crippen LogP contribution in [-0.4, -0.2) is 49.8 Å². The van der Waals surface area contributed by atoms with Gasteiger partial charge in [-0.05, 0) is 31.6 Å². The van der Waals surface area contributed by atoms with Gasteiger partial charge in [0.05, 0.1) is 0 Å². The molecule has 2 fully saturated rings. The van der Waals surface area contributed by atoms with Crippen LogP contribution >= 0.6 is 0 Å². The summed E-state index contributed by atoms with van der Waals surface area (Å²) in [4.78, 5) is 2.75. The molecule has 0 amide bonds. The zero-order valence-electron chi connectivity index (χ0n) is 13.1. The number of nitrogens with one attached hydrogen (secondary N) is 1. The number of ether oxygens (including phenoxy) is 1. The fourth-order valence-corrected chi connectivity index (χ4v) is 3.87. The Morgan fingerprint density at radius 3 is 2.68 bits per heavy atom. The maximum atomic E-state index is 5.22. The smallest absolute Gasteiger partial charge is 0.0474 e. The highest BCUT2D eigenvalue weighted by molar-refractivity contribution is 5.01. The average Bonchev–Trinajstić information content (AvgIpc) is 2.81. The molecular formula is C16H32N2O. The number of hydrogen-bond donors (Lipinski definition) is 1. The summed E-state index contributed by atoms with van der Waals surface area (Å²) in [7, 11) is 1.81. The van der Waals surface area contributed by atoms with Crippen molar-refractivity contribution in [2.45, 2.75) is 64.0 Å². The topological polar surface area (TPSA) is 24.5 Å². The molecule has 0 radical (unpaired) electrons. The molecule has 3 nitrogen and oxygen atoms in total. The molecule has 1 heterocycles. The van der Waals surface area contributed by atoms with Gasteiger partial charge in [-0.15, -0.1) is 0 Å². The van der Waals surface area contributed by atoms with E-state index in [9.17, 15) is 0 Å². The highest BCUT2D eigenvalue weighted by Crippen LogP contribution is 2.34. The summed E-state index contributed by atoms with van der Waals surface area (Å²) in [5.74, 6) is 0.786. The van der Waals surface area contributed by atoms with Crippen molar-refractivity contribution in [2.75, 3.05) is 33.4 Å². The first kappa shape index (κ1) is 15.3. The standard InChI is InChI=1S/C16H32N2O/c1-14(2)11-15-12-17-16(7-4-5-8-16)13-18(15)9-6-10-19-3/h14-15,17H,4-13H2,1-3H3. The lowest BCUT2D eigenvalue weighted by Gasteiger charge is -2.47. The van der Waals surface area contributed by atoms with Crippen LogP contribution in [0.2, 0.25) is 0 Å². The molecule has 0 aromatic heterocycles. The Balaban J connectivity index is 1.92. The summed E-state index contributed by atoms with van der Waals surface area (Å²) in [6.07, 6.45) is 8.06. The first-order chi connectivity index (χ1) is 9.15. The number of hydrogen-bond acceptors (Lipinski definition) is 3. The van der Waals surface area contributed by atoms with Crippen LogP contribution in [0.25, 0.3) is 0 Å². The second-order valence-corrected chi connectivity index (χ2v) is 6.97. The maximum Gasteiger partial charge on any atom is 0.0474 e. The van der Waals surface area contributed by atoms with Crippen LogP contribution in [0.1, 0.15) is 52.4 Å². The molecule has 112 valence electrons. The second-order valence-electron chi connectivity index (χ2n) is 6.97. The van der Waals surface area contributed by atoms with E-state index in [1.165, 1.54) is 58.2 Å². The van der Waals surface area contributed by atoms with Crippen molar-refractivity contribution in [3.05, 3.63) is 0 Å². The highest BCUT2D eigenvalue weighted by Gasteiger charge is 2.40. The predicted molar refractivity (Wildman–Crippen MR) is 80.5 cm³/mol. The lowest BCUT2D eigenvalue weighted by atomic mass is 9.89. The van der Waals surface area contributed by atoms with E-state index in [0.29, 0.717) is 5.54 Å². The van der Waals surface area contributed by atoms with Crippen LogP contribution in [0.4, 0.5) is 0 Å². The van der Waals surface area contributed by atoms with Crippen LogP contribution in [0.15, 0.2) is 0 Å². The van der Waals surface area contributed by atoms with Crippen molar-refractivity contribution in [1.82, 2.24) is 10.2 Å². The van der Waals surface area contributed by atoms with Crippen molar-refractivity contribution in [3.8, 4) is 0 Å². The Bertz CT molecular complexity index is 261. The molecular weight excluding hydrogens is 236 g/mol. The van der Waals surface area contributed by atoms with E-state index in [1.54, 1.807) is 0 Å². The van der Waals surface area contributed by atoms with Crippen LogP contribution < -0.4 is 5.32 Å². The lowest BCUT2D eigenvalue weighted by Crippen LogP contribution is -2.63. The zero-order chi connectivity index (χ0) is 13.7. The Morgan fingerprint density at radius 1 is 1.32 bits per heavy atom. The van der Waals surface area contributed by atoms with E-state index in [-0.39, 0.29) is 0 Å². The van der Waals surface area contributed by atoms with Crippen molar-refractivity contribution in [3.63, 3.8) is 0 Å². The van der Waals surface area contributed by atoms with Crippen LogP contribution in [0.3, 0.4) is 0 Å². The lowest BCUT2D eigenvalue weighted by molar-refractivity contribution is 0.0607. The summed E-state index contributed by atoms with van der Waals surface area (Å²) >= 11 is 0. The van der Waals surface area contributed by atoms with Gasteiger partial charge < -0.3 is 10.1 Å². The van der Waals surface area contributed by atoms with Gasteiger partial charge in [0.2, 0.25) is 0 Å². The van der Waals surface area contributed by atoms with Gasteiger partial charge in [0.15, 0.2) is 0 Å². The number of methoxy groups -OCH3 is 1. The van der Waals surface area contributed by atoms with E-state index in [4.69, 9.17) is 4.74 Å². The van der Waals surface area contributed by atoms with E-state index in [0.717, 1.165) is 18.6 Å². The predicted octanol–water partition coefficient (Wildman–Crippen LogP) is 2.66. The minimum atomic E-state index is 0.445. The van der Waals surface area contributed by atoms with Crippen molar-refractivity contribution < 1.29 is 4.74 Å². The van der Waals surface area contributed by atoms with Gasteiger partial charge in [-0.1, -0.05) is 26.7 Å². The van der Waals surface area contributed by atoms with Gasteiger partial charge in [-0.2, -0.15) is 0 Å². The molecule has 1 unspecified atom stereocenters. The van der Waals surface area contributed by atoms with Crippen molar-refractivity contribution in [1.29, 1.82) is 0 Å². The largest absolute Gasteiger partial charge is 0.385 e. The quantitative estimate of drug-likeness (QED) is 0.750. The Hall–Kier alpha value is -0.120. The monoisotopic (exact) mass is 268 g/mol. The Kier molecular flexibility index (Phi) is 5.67. The van der Waals surface area contributed by atoms with E-state index in [2.05, 4.69) is 24.1 Å². The van der Waals surface area contributed by atoms with Gasteiger partial charge in [0.1, 0.15) is 0 Å². The SMILES string of the molecule is COCCCN1CC2(CCCC2)NCC1CC(C)C. The first-order valence-corrected chi connectivity index (χ1v) is 8.13. The van der Waals surface area contributed by atoms with Crippen molar-refractivity contribution in [2.24, 2.45) is 5.92 Å². The summed E-state index contributed by atoms with van der Waals surface area (Å²) < 4.78 is 5.22. The Labute approximate surface area is 119 Å². The maximum absolute atomic E-state index is 5.22. The van der Waals surface area contributed by atoms with Crippen molar-refractivity contribution >= 4 is 0 Å². The van der Waals surface area contributed by atoms with E-state index >= 15 is 0 Å². The molecule has 1 saturated carbocycles. The third-order valence-electron chi connectivity index (χ3n) is 4.83. The molecule has 0 aromatic carbocycles. The molecule has 0 bridgehead atoms. The highest BCUT2D eigenvalue weighted by atomic mass is 16.5. The second kappa shape index (κ2) is 7.05. The molecule has 1 aliphatic heterocycles. The zero-order valence-corrected chi connectivity index (χ0v) is 13.1. The fraction of sp³-hybridized carbons (Fsp3) is 1.00. The fourth-order valence-electron chi connectivity index (χ4n) is 3.87. The molecule has 3 heteroatoms. The molecule has 1 spiro atoms. The van der Waals surface area contributed by atoms with Gasteiger partial charge >= 0.3 is 0 Å². The molecule has 2 aliphatic rings. The molecule has 2 rings (SSSR count). The molecule has 0 aromatic rings. The van der Waals surface area contributed by atoms with Gasteiger partial charge in [-0.25, -0.2) is 0 Å². The van der Waals surface area contributed by atoms with Gasteiger partial charge in [-0.3, -0.25) is 4.90 Å². The minimum Gasteiger partial charge on any atom is -0.385 e. The minimum absolute atomic E-state index is 0.445. The van der Waals surface area contributed by atoms with Gasteiger partial charge in [0.25, 0.3) is 0 Å². The molecule has 1 saturated heterocycles. The summed E-state index contributed by atoms with van der Waals surface area (Å²) in [5, 5.41) is 3.90. The number of rotatable bonds is 6. The van der Waals surface area contributed by atoms with Crippen LogP contribution in [0.5, 0.6) is 0 Å². The third kappa shape index (κ3) is 4.17. The summed E-state index contributed by atoms with van der Waals surface area (Å²) in [6.45, 7) is 9.22. The number of piperazine rings is 1. The van der Waals surface area contributed by atoms with Crippen LogP contribution in [0, 0.1) is 5.92 Å². The molecule has 1 aliphatic carbocycles. The van der Waals surface area contributed by atoms with E-state index in [1.807, 2.05) is 7.11 Å². The summed E-state index contributed by atoms with van der Waals surface area (Å²) in [6, 6.07) is 0.725. The van der Waals surface area contributed by atoms with Gasteiger partial charge in [0, 0.05) is 44.9 Å². The Morgan fingerprint density at radius 2 is 2.05 bits per heavy atom. The number of nitrogens with zero attached hydrogens (tertiary/aromatic N) is 1. The average molecular weight is 268 g/mol. The molecule has 1 atom stereocenters. The van der Waals surface area contributed by atoms with E-state index < -0.39 is 0 Å². The molecule has 1 N–H and O–H groups in total. The summed E-state index contributed by atoms with van der Waals surface area (Å²) in [5.41, 5.74) is 0.445. The normalized spacial score (nSPS) is 27.5. The first-order valence-electron chi connectivity index (χ1n) is 8.13. The third-order valence-corrected chi connectivity index (χ3v) is 4.83. The van der Waals surface area contributed by atoms with Crippen LogP contribution in [-0.2, 0) is 4.74 Å². The molecule has 19 heavy (non-hydrogen) atoms.